The zero-order chi connectivity index (χ0) is 23.5. The van der Waals surface area contributed by atoms with Crippen LogP contribution in [-0.2, 0) is 28.0 Å². The summed E-state index contributed by atoms with van der Waals surface area (Å²) in [5.74, 6) is -0.237. The molecule has 0 unspecified atom stereocenters. The Morgan fingerprint density at radius 2 is 1.50 bits per heavy atom. The van der Waals surface area contributed by atoms with E-state index in [0.717, 1.165) is 25.9 Å². The topological polar surface area (TPSA) is 95.1 Å². The van der Waals surface area contributed by atoms with Crippen molar-refractivity contribution >= 4 is 16.0 Å². The van der Waals surface area contributed by atoms with Gasteiger partial charge in [0.1, 0.15) is 12.4 Å². The van der Waals surface area contributed by atoms with Gasteiger partial charge >= 0.3 is 0 Å². The lowest BCUT2D eigenvalue weighted by Crippen LogP contribution is -2.32. The Hall–Kier alpha value is -1.41. The first-order valence-corrected chi connectivity index (χ1v) is 14.2. The molecule has 1 N–H and O–H groups in total. The van der Waals surface area contributed by atoms with Crippen LogP contribution in [0, 0.1) is 0 Å². The average molecular weight is 472 g/mol. The summed E-state index contributed by atoms with van der Waals surface area (Å²) in [5, 5.41) is 3.01. The van der Waals surface area contributed by atoms with Crippen LogP contribution in [0.15, 0.2) is 18.7 Å². The van der Waals surface area contributed by atoms with E-state index in [-0.39, 0.29) is 11.7 Å². The molecule has 0 fully saturated rings. The van der Waals surface area contributed by atoms with Gasteiger partial charge in [-0.3, -0.25) is 4.79 Å². The van der Waals surface area contributed by atoms with Crippen molar-refractivity contribution in [2.75, 3.05) is 12.3 Å². The predicted octanol–water partition coefficient (Wildman–Crippen LogP) is 4.31. The Balaban J connectivity index is 1.92. The highest BCUT2D eigenvalue weighted by atomic mass is 32.2. The molecule has 0 aliphatic carbocycles. The quantitative estimate of drug-likeness (QED) is 0.164. The minimum Gasteiger partial charge on any atom is -0.748 e. The summed E-state index contributed by atoms with van der Waals surface area (Å²) in [6.45, 7) is 4.25. The van der Waals surface area contributed by atoms with Crippen LogP contribution in [-0.4, -0.2) is 35.7 Å². The second-order valence-electron chi connectivity index (χ2n) is 8.85. The minimum absolute atomic E-state index is 0.105. The van der Waals surface area contributed by atoms with Crippen molar-refractivity contribution in [3.8, 4) is 0 Å². The molecular formula is C24H45N3O4S. The number of unbranched alkanes of at least 4 members (excludes halogenated alkanes) is 11. The highest BCUT2D eigenvalue weighted by Crippen LogP contribution is 2.11. The van der Waals surface area contributed by atoms with E-state index in [1.165, 1.54) is 70.6 Å². The maximum absolute atomic E-state index is 12.0. The molecule has 32 heavy (non-hydrogen) atoms. The molecule has 1 aromatic heterocycles. The number of hydrogen-bond donors (Lipinski definition) is 1. The molecule has 0 radical (unpaired) electrons. The van der Waals surface area contributed by atoms with Gasteiger partial charge in [-0.15, -0.1) is 0 Å². The van der Waals surface area contributed by atoms with Gasteiger partial charge in [-0.05, 0) is 19.3 Å². The van der Waals surface area contributed by atoms with Crippen LogP contribution in [0.2, 0.25) is 0 Å². The van der Waals surface area contributed by atoms with Gasteiger partial charge in [-0.25, -0.2) is 17.6 Å². The Kier molecular flexibility index (Phi) is 16.2. The maximum Gasteiger partial charge on any atom is 0.243 e. The van der Waals surface area contributed by atoms with Crippen molar-refractivity contribution in [2.24, 2.45) is 0 Å². The Morgan fingerprint density at radius 3 is 2.09 bits per heavy atom. The Labute approximate surface area is 195 Å². The summed E-state index contributed by atoms with van der Waals surface area (Å²) in [5.41, 5.74) is 0. The normalized spacial score (nSPS) is 11.7. The van der Waals surface area contributed by atoms with E-state index in [0.29, 0.717) is 19.4 Å². The first-order valence-electron chi connectivity index (χ1n) is 12.7. The van der Waals surface area contributed by atoms with Crippen molar-refractivity contribution in [1.82, 2.24) is 9.88 Å². The highest BCUT2D eigenvalue weighted by molar-refractivity contribution is 7.85. The maximum atomic E-state index is 12.0. The van der Waals surface area contributed by atoms with Crippen LogP contribution < -0.4 is 9.88 Å². The van der Waals surface area contributed by atoms with E-state index in [1.54, 1.807) is 0 Å². The minimum atomic E-state index is -4.15. The van der Waals surface area contributed by atoms with E-state index in [2.05, 4.69) is 12.2 Å². The molecule has 1 amide bonds. The van der Waals surface area contributed by atoms with Gasteiger partial charge in [0, 0.05) is 18.7 Å². The summed E-state index contributed by atoms with van der Waals surface area (Å²) in [6, 6.07) is 0. The molecule has 0 bridgehead atoms. The summed E-state index contributed by atoms with van der Waals surface area (Å²) in [6.07, 6.45) is 23.0. The number of rotatable bonds is 21. The number of amides is 1. The van der Waals surface area contributed by atoms with Gasteiger partial charge in [0.25, 0.3) is 0 Å². The van der Waals surface area contributed by atoms with E-state index in [4.69, 9.17) is 0 Å². The van der Waals surface area contributed by atoms with Crippen molar-refractivity contribution in [1.29, 1.82) is 0 Å². The van der Waals surface area contributed by atoms with Crippen LogP contribution in [0.25, 0.3) is 0 Å². The molecule has 7 nitrogen and oxygen atoms in total. The lowest BCUT2D eigenvalue weighted by Gasteiger charge is -2.05. The Bertz CT molecular complexity index is 704. The van der Waals surface area contributed by atoms with E-state index in [9.17, 15) is 17.8 Å². The molecule has 0 saturated heterocycles. The third-order valence-electron chi connectivity index (χ3n) is 5.73. The van der Waals surface area contributed by atoms with Gasteiger partial charge in [-0.1, -0.05) is 77.6 Å². The van der Waals surface area contributed by atoms with Crippen LogP contribution in [0.3, 0.4) is 0 Å². The summed E-state index contributed by atoms with van der Waals surface area (Å²) in [7, 11) is -4.15. The van der Waals surface area contributed by atoms with Crippen molar-refractivity contribution in [3.05, 3.63) is 18.7 Å². The second kappa shape index (κ2) is 18.1. The fourth-order valence-electron chi connectivity index (χ4n) is 3.83. The van der Waals surface area contributed by atoms with Gasteiger partial charge in [0.2, 0.25) is 12.2 Å². The predicted molar refractivity (Wildman–Crippen MR) is 127 cm³/mol. The van der Waals surface area contributed by atoms with Gasteiger partial charge in [0.05, 0.1) is 23.2 Å². The highest BCUT2D eigenvalue weighted by Gasteiger charge is 2.06. The van der Waals surface area contributed by atoms with E-state index < -0.39 is 10.1 Å². The average Bonchev–Trinajstić information content (AvgIpc) is 3.18. The first-order chi connectivity index (χ1) is 15.4. The first kappa shape index (κ1) is 28.6. The number of hydrogen-bond acceptors (Lipinski definition) is 4. The molecule has 0 aliphatic rings. The molecule has 1 heterocycles. The van der Waals surface area contributed by atoms with Crippen LogP contribution >= 0.6 is 0 Å². The third kappa shape index (κ3) is 17.2. The van der Waals surface area contributed by atoms with Crippen molar-refractivity contribution < 1.29 is 22.3 Å². The number of aromatic nitrogens is 2. The molecule has 1 rings (SSSR count). The smallest absolute Gasteiger partial charge is 0.243 e. The number of carbonyl (C=O) groups excluding carboxylic acids is 1. The second-order valence-corrected chi connectivity index (χ2v) is 10.4. The fourth-order valence-corrected chi connectivity index (χ4v) is 4.31. The number of carbonyl (C=O) groups is 1. The molecule has 1 aromatic rings. The monoisotopic (exact) mass is 471 g/mol. The molecular weight excluding hydrogens is 426 g/mol. The number of aryl methyl sites for hydroxylation is 2. The number of nitrogens with one attached hydrogen (secondary N) is 1. The van der Waals surface area contributed by atoms with E-state index >= 15 is 0 Å². The fraction of sp³-hybridized carbons (Fsp3) is 0.833. The molecule has 0 aliphatic heterocycles. The zero-order valence-corrected chi connectivity index (χ0v) is 20.9. The van der Waals surface area contributed by atoms with Crippen LogP contribution in [0.1, 0.15) is 103 Å². The van der Waals surface area contributed by atoms with Gasteiger partial charge in [0.15, 0.2) is 0 Å². The third-order valence-corrected chi connectivity index (χ3v) is 6.52. The largest absolute Gasteiger partial charge is 0.748 e. The van der Waals surface area contributed by atoms with Gasteiger partial charge in [-0.2, -0.15) is 0 Å². The lowest BCUT2D eigenvalue weighted by atomic mass is 10.1. The molecule has 8 heteroatoms. The summed E-state index contributed by atoms with van der Waals surface area (Å²) >= 11 is 0. The lowest BCUT2D eigenvalue weighted by molar-refractivity contribution is -0.696. The van der Waals surface area contributed by atoms with Gasteiger partial charge < -0.3 is 9.87 Å². The number of imidazole rings is 1. The van der Waals surface area contributed by atoms with E-state index in [1.807, 2.05) is 27.9 Å². The van der Waals surface area contributed by atoms with Crippen LogP contribution in [0.4, 0.5) is 0 Å². The summed E-state index contributed by atoms with van der Waals surface area (Å²) in [4.78, 5) is 12.0. The molecule has 0 spiro atoms. The SMILES string of the molecule is CCCCCCCCCCCCCCNC(=O)CCC[n+]1ccn(CCCS(=O)(=O)[O-])c1. The molecule has 0 aromatic carbocycles. The summed E-state index contributed by atoms with van der Waals surface area (Å²) < 4.78 is 35.7. The molecule has 186 valence electrons. The van der Waals surface area contributed by atoms with Crippen molar-refractivity contribution in [2.45, 2.75) is 116 Å². The molecule has 0 atom stereocenters. The Morgan fingerprint density at radius 1 is 0.906 bits per heavy atom. The standard InChI is InChI=1S/C24H45N3O4S/c1-2-3-4-5-6-7-8-9-10-11-12-13-17-25-24(28)16-14-18-26-20-21-27(23-26)19-15-22-32(29,30)31/h20-21,23H,2-19,22H2,1H3,(H-,25,28,29,30,31). The number of nitrogens with zero attached hydrogens (tertiary/aromatic N) is 2. The molecule has 0 saturated carbocycles. The zero-order valence-electron chi connectivity index (χ0n) is 20.1. The van der Waals surface area contributed by atoms with Crippen LogP contribution in [0.5, 0.6) is 0 Å². The van der Waals surface area contributed by atoms with Crippen molar-refractivity contribution in [3.63, 3.8) is 0 Å².